The number of anilines is 1. The summed E-state index contributed by atoms with van der Waals surface area (Å²) < 4.78 is 0. The molecule has 0 saturated carbocycles. The van der Waals surface area contributed by atoms with Gasteiger partial charge in [-0.1, -0.05) is 32.0 Å². The molecule has 0 radical (unpaired) electrons. The van der Waals surface area contributed by atoms with Gasteiger partial charge < -0.3 is 5.11 Å². The Morgan fingerprint density at radius 2 is 1.95 bits per heavy atom. The van der Waals surface area contributed by atoms with Crippen LogP contribution in [0.3, 0.4) is 0 Å². The van der Waals surface area contributed by atoms with Crippen molar-refractivity contribution in [3.05, 3.63) is 30.3 Å². The van der Waals surface area contributed by atoms with Crippen molar-refractivity contribution in [3.8, 4) is 6.07 Å². The Bertz CT molecular complexity index is 525. The standard InChI is InChI=1S/C15H18N2O3S/c1-11(2)14(15(19)20)21-10-13(18)17(9-8-16)12-6-4-3-5-7-12/h3-7,11,14H,9-10H2,1-2H3,(H,19,20). The average Bonchev–Trinajstić information content (AvgIpc) is 2.44. The second-order valence-electron chi connectivity index (χ2n) is 4.79. The lowest BCUT2D eigenvalue weighted by Crippen LogP contribution is -2.34. The summed E-state index contributed by atoms with van der Waals surface area (Å²) in [6, 6.07) is 10.9. The molecule has 0 saturated heterocycles. The van der Waals surface area contributed by atoms with E-state index in [0.29, 0.717) is 5.69 Å². The molecular weight excluding hydrogens is 288 g/mol. The minimum Gasteiger partial charge on any atom is -0.480 e. The second-order valence-corrected chi connectivity index (χ2v) is 5.92. The number of nitrogens with zero attached hydrogens (tertiary/aromatic N) is 2. The lowest BCUT2D eigenvalue weighted by Gasteiger charge is -2.21. The third kappa shape index (κ3) is 5.12. The van der Waals surface area contributed by atoms with Crippen molar-refractivity contribution in [2.75, 3.05) is 17.2 Å². The van der Waals surface area contributed by atoms with Crippen molar-refractivity contribution in [2.45, 2.75) is 19.1 Å². The predicted molar refractivity (Wildman–Crippen MR) is 83.1 cm³/mol. The van der Waals surface area contributed by atoms with E-state index in [1.165, 1.54) is 4.90 Å². The van der Waals surface area contributed by atoms with Crippen LogP contribution < -0.4 is 4.90 Å². The Kier molecular flexibility index (Phi) is 6.76. The molecule has 0 aromatic heterocycles. The van der Waals surface area contributed by atoms with Gasteiger partial charge in [0.1, 0.15) is 11.8 Å². The van der Waals surface area contributed by atoms with E-state index < -0.39 is 11.2 Å². The maximum Gasteiger partial charge on any atom is 0.316 e. The highest BCUT2D eigenvalue weighted by Crippen LogP contribution is 2.22. The Labute approximate surface area is 128 Å². The number of amides is 1. The molecule has 1 N–H and O–H groups in total. The number of hydrogen-bond acceptors (Lipinski definition) is 4. The predicted octanol–water partition coefficient (Wildman–Crippen LogP) is 2.39. The van der Waals surface area contributed by atoms with E-state index in [0.717, 1.165) is 11.8 Å². The summed E-state index contributed by atoms with van der Waals surface area (Å²) in [5.41, 5.74) is 0.640. The van der Waals surface area contributed by atoms with Crippen molar-refractivity contribution in [3.63, 3.8) is 0 Å². The minimum absolute atomic E-state index is 0.0335. The zero-order valence-corrected chi connectivity index (χ0v) is 12.8. The van der Waals surface area contributed by atoms with Crippen molar-refractivity contribution in [1.29, 1.82) is 5.26 Å². The van der Waals surface area contributed by atoms with E-state index in [4.69, 9.17) is 10.4 Å². The fourth-order valence-corrected chi connectivity index (χ4v) is 2.80. The van der Waals surface area contributed by atoms with Crippen LogP contribution >= 0.6 is 11.8 Å². The van der Waals surface area contributed by atoms with Gasteiger partial charge >= 0.3 is 5.97 Å². The summed E-state index contributed by atoms with van der Waals surface area (Å²) in [5.74, 6) is -1.22. The smallest absolute Gasteiger partial charge is 0.316 e. The van der Waals surface area contributed by atoms with Crippen molar-refractivity contribution < 1.29 is 14.7 Å². The van der Waals surface area contributed by atoms with Crippen LogP contribution in [0, 0.1) is 17.2 Å². The molecule has 1 unspecified atom stereocenters. The van der Waals surface area contributed by atoms with Gasteiger partial charge in [-0.25, -0.2) is 0 Å². The summed E-state index contributed by atoms with van der Waals surface area (Å²) >= 11 is 1.09. The molecule has 0 aliphatic heterocycles. The average molecular weight is 306 g/mol. The quantitative estimate of drug-likeness (QED) is 0.782. The van der Waals surface area contributed by atoms with Crippen LogP contribution in [0.1, 0.15) is 13.8 Å². The normalized spacial score (nSPS) is 11.7. The van der Waals surface area contributed by atoms with E-state index in [1.54, 1.807) is 38.1 Å². The molecule has 5 nitrogen and oxygen atoms in total. The van der Waals surface area contributed by atoms with Gasteiger partial charge in [-0.2, -0.15) is 5.26 Å². The van der Waals surface area contributed by atoms with E-state index in [2.05, 4.69) is 0 Å². The molecule has 0 aliphatic carbocycles. The first-order valence-electron chi connectivity index (χ1n) is 6.54. The molecule has 21 heavy (non-hydrogen) atoms. The van der Waals surface area contributed by atoms with Crippen LogP contribution in [-0.2, 0) is 9.59 Å². The molecule has 0 aliphatic rings. The number of carbonyl (C=O) groups excluding carboxylic acids is 1. The van der Waals surface area contributed by atoms with Crippen molar-refractivity contribution in [2.24, 2.45) is 5.92 Å². The van der Waals surface area contributed by atoms with Gasteiger partial charge in [0.15, 0.2) is 0 Å². The molecule has 1 atom stereocenters. The van der Waals surface area contributed by atoms with Crippen LogP contribution in [0.15, 0.2) is 30.3 Å². The number of carboxylic acids is 1. The van der Waals surface area contributed by atoms with E-state index >= 15 is 0 Å². The monoisotopic (exact) mass is 306 g/mol. The van der Waals surface area contributed by atoms with Crippen molar-refractivity contribution in [1.82, 2.24) is 0 Å². The number of thioether (sulfide) groups is 1. The molecule has 1 aromatic carbocycles. The number of para-hydroxylation sites is 1. The van der Waals surface area contributed by atoms with Crippen LogP contribution in [-0.4, -0.2) is 34.5 Å². The van der Waals surface area contributed by atoms with Gasteiger partial charge in [-0.3, -0.25) is 14.5 Å². The first kappa shape index (κ1) is 17.1. The van der Waals surface area contributed by atoms with E-state index in [9.17, 15) is 9.59 Å². The lowest BCUT2D eigenvalue weighted by atomic mass is 10.1. The number of hydrogen-bond donors (Lipinski definition) is 1. The Hall–Kier alpha value is -2.00. The lowest BCUT2D eigenvalue weighted by molar-refractivity contribution is -0.137. The van der Waals surface area contributed by atoms with Gasteiger partial charge in [0.05, 0.1) is 11.8 Å². The number of aliphatic carboxylic acids is 1. The fourth-order valence-electron chi connectivity index (χ4n) is 1.79. The van der Waals surface area contributed by atoms with E-state index in [1.807, 2.05) is 12.1 Å². The Morgan fingerprint density at radius 1 is 1.33 bits per heavy atom. The van der Waals surface area contributed by atoms with Gasteiger partial charge in [0, 0.05) is 5.69 Å². The summed E-state index contributed by atoms with van der Waals surface area (Å²) in [5, 5.41) is 17.3. The van der Waals surface area contributed by atoms with Gasteiger partial charge in [-0.15, -0.1) is 11.8 Å². The summed E-state index contributed by atoms with van der Waals surface area (Å²) in [7, 11) is 0. The number of carbonyl (C=O) groups is 2. The molecule has 0 heterocycles. The zero-order valence-electron chi connectivity index (χ0n) is 12.0. The maximum atomic E-state index is 12.2. The topological polar surface area (TPSA) is 81.4 Å². The first-order chi connectivity index (χ1) is 9.97. The molecule has 112 valence electrons. The number of rotatable bonds is 7. The maximum absolute atomic E-state index is 12.2. The molecule has 0 bridgehead atoms. The van der Waals surface area contributed by atoms with Crippen LogP contribution in [0.4, 0.5) is 5.69 Å². The molecular formula is C15H18N2O3S. The molecule has 1 aromatic rings. The highest BCUT2D eigenvalue weighted by Gasteiger charge is 2.24. The zero-order chi connectivity index (χ0) is 15.8. The third-order valence-electron chi connectivity index (χ3n) is 2.83. The van der Waals surface area contributed by atoms with Crippen LogP contribution in [0.25, 0.3) is 0 Å². The minimum atomic E-state index is -0.922. The Morgan fingerprint density at radius 3 is 2.43 bits per heavy atom. The number of nitriles is 1. The summed E-state index contributed by atoms with van der Waals surface area (Å²) in [6.07, 6.45) is 0. The van der Waals surface area contributed by atoms with Crippen LogP contribution in [0.5, 0.6) is 0 Å². The SMILES string of the molecule is CC(C)C(SCC(=O)N(CC#N)c1ccccc1)C(=O)O. The first-order valence-corrected chi connectivity index (χ1v) is 7.59. The highest BCUT2D eigenvalue weighted by molar-refractivity contribution is 8.01. The number of benzene rings is 1. The summed E-state index contributed by atoms with van der Waals surface area (Å²) in [6.45, 7) is 3.56. The Balaban J connectivity index is 2.75. The third-order valence-corrected chi connectivity index (χ3v) is 4.35. The molecule has 0 fully saturated rings. The van der Waals surface area contributed by atoms with Gasteiger partial charge in [-0.05, 0) is 18.1 Å². The van der Waals surface area contributed by atoms with Crippen LogP contribution in [0.2, 0.25) is 0 Å². The van der Waals surface area contributed by atoms with E-state index in [-0.39, 0.29) is 24.1 Å². The second kappa shape index (κ2) is 8.32. The molecule has 1 rings (SSSR count). The van der Waals surface area contributed by atoms with Gasteiger partial charge in [0.25, 0.3) is 0 Å². The number of carboxylic acid groups (broad SMARTS) is 1. The highest BCUT2D eigenvalue weighted by atomic mass is 32.2. The largest absolute Gasteiger partial charge is 0.480 e. The summed E-state index contributed by atoms with van der Waals surface area (Å²) in [4.78, 5) is 24.7. The fraction of sp³-hybridized carbons (Fsp3) is 0.400. The molecule has 6 heteroatoms. The molecule has 0 spiro atoms. The van der Waals surface area contributed by atoms with Crippen molar-refractivity contribution >= 4 is 29.3 Å². The molecule has 1 amide bonds. The van der Waals surface area contributed by atoms with Gasteiger partial charge in [0.2, 0.25) is 5.91 Å².